The largest absolute Gasteiger partial charge is 0.465 e. The number of methoxy groups -OCH3 is 1. The minimum absolute atomic E-state index is 0.150. The number of aryl methyl sites for hydroxylation is 1. The molecule has 0 fully saturated rings. The highest BCUT2D eigenvalue weighted by Gasteiger charge is 2.23. The quantitative estimate of drug-likeness (QED) is 0.352. The predicted octanol–water partition coefficient (Wildman–Crippen LogP) is 4.48. The maximum atomic E-state index is 12.7. The van der Waals surface area contributed by atoms with E-state index < -0.39 is 5.97 Å². The van der Waals surface area contributed by atoms with Gasteiger partial charge in [-0.15, -0.1) is 21.5 Å². The molecule has 0 aliphatic carbocycles. The second-order valence-corrected chi connectivity index (χ2v) is 9.68. The Morgan fingerprint density at radius 1 is 1.18 bits per heavy atom. The van der Waals surface area contributed by atoms with Gasteiger partial charge < -0.3 is 19.5 Å². The first-order chi connectivity index (χ1) is 15.8. The lowest BCUT2D eigenvalue weighted by atomic mass is 10.1. The molecule has 0 saturated heterocycles. The zero-order valence-electron chi connectivity index (χ0n) is 19.8. The monoisotopic (exact) mass is 487 g/mol. The van der Waals surface area contributed by atoms with E-state index in [0.717, 1.165) is 27.5 Å². The molecule has 0 aliphatic heterocycles. The van der Waals surface area contributed by atoms with Crippen molar-refractivity contribution < 1.29 is 14.3 Å². The molecule has 1 amide bonds. The first-order valence-corrected chi connectivity index (χ1v) is 12.4. The Kier molecular flexibility index (Phi) is 8.15. The molecule has 0 radical (unpaired) electrons. The van der Waals surface area contributed by atoms with Crippen molar-refractivity contribution >= 4 is 45.7 Å². The Morgan fingerprint density at radius 3 is 2.45 bits per heavy atom. The van der Waals surface area contributed by atoms with E-state index in [0.29, 0.717) is 28.7 Å². The third-order valence-corrected chi connectivity index (χ3v) is 7.24. The molecule has 3 aromatic rings. The molecule has 3 rings (SSSR count). The van der Waals surface area contributed by atoms with Crippen LogP contribution >= 0.6 is 23.1 Å². The van der Waals surface area contributed by atoms with E-state index in [1.54, 1.807) is 0 Å². The minimum atomic E-state index is -0.435. The molecule has 176 valence electrons. The smallest absolute Gasteiger partial charge is 0.341 e. The van der Waals surface area contributed by atoms with Crippen molar-refractivity contribution in [1.29, 1.82) is 0 Å². The summed E-state index contributed by atoms with van der Waals surface area (Å²) in [7, 11) is 5.34. The fourth-order valence-corrected chi connectivity index (χ4v) is 5.46. The lowest BCUT2D eigenvalue weighted by Crippen LogP contribution is -2.16. The van der Waals surface area contributed by atoms with Crippen molar-refractivity contribution in [2.75, 3.05) is 37.2 Å². The number of rotatable bonds is 9. The topological polar surface area (TPSA) is 89.4 Å². The highest BCUT2D eigenvalue weighted by molar-refractivity contribution is 7.99. The number of hydrogen-bond donors (Lipinski definition) is 1. The van der Waals surface area contributed by atoms with E-state index in [-0.39, 0.29) is 11.7 Å². The molecular weight excluding hydrogens is 458 g/mol. The molecular formula is C23H29N5O3S2. The highest BCUT2D eigenvalue weighted by atomic mass is 32.2. The van der Waals surface area contributed by atoms with Gasteiger partial charge in [0.05, 0.1) is 18.4 Å². The molecule has 1 N–H and O–H groups in total. The molecule has 2 aromatic heterocycles. The van der Waals surface area contributed by atoms with Crippen molar-refractivity contribution in [3.63, 3.8) is 0 Å². The van der Waals surface area contributed by atoms with E-state index in [2.05, 4.69) is 15.5 Å². The normalized spacial score (nSPS) is 10.8. The number of thiophene rings is 1. The Bertz CT molecular complexity index is 1140. The van der Waals surface area contributed by atoms with Gasteiger partial charge in [0.15, 0.2) is 11.0 Å². The Balaban J connectivity index is 1.73. The molecule has 1 aromatic carbocycles. The van der Waals surface area contributed by atoms with Crippen molar-refractivity contribution in [2.45, 2.75) is 38.9 Å². The lowest BCUT2D eigenvalue weighted by molar-refractivity contribution is -0.113. The third kappa shape index (κ3) is 5.39. The summed E-state index contributed by atoms with van der Waals surface area (Å²) in [4.78, 5) is 28.0. The average molecular weight is 488 g/mol. The summed E-state index contributed by atoms with van der Waals surface area (Å²) in [5.41, 5.74) is 3.43. The summed E-state index contributed by atoms with van der Waals surface area (Å²) >= 11 is 2.71. The zero-order valence-corrected chi connectivity index (χ0v) is 21.4. The second kappa shape index (κ2) is 10.8. The highest BCUT2D eigenvalue weighted by Crippen LogP contribution is 2.34. The number of carbonyl (C=O) groups excluding carboxylic acids is 2. The van der Waals surface area contributed by atoms with Gasteiger partial charge >= 0.3 is 5.97 Å². The molecule has 0 bridgehead atoms. The van der Waals surface area contributed by atoms with Crippen LogP contribution in [0.2, 0.25) is 0 Å². The standard InChI is InChI=1S/C23H29N5O3S2/c1-7-17-14(3)33-21(19(17)22(30)31-6)24-18(29)13-32-23-26-25-20(28(23)8-2)15-9-11-16(12-10-15)27(4)5/h9-12H,7-8,13H2,1-6H3,(H,24,29). The fourth-order valence-electron chi connectivity index (χ4n) is 3.51. The number of esters is 1. The molecule has 10 heteroatoms. The number of nitrogens with zero attached hydrogens (tertiary/aromatic N) is 4. The first-order valence-electron chi connectivity index (χ1n) is 10.6. The van der Waals surface area contributed by atoms with Crippen LogP contribution in [0.15, 0.2) is 29.4 Å². The molecule has 0 unspecified atom stereocenters. The molecule has 0 aliphatic rings. The predicted molar refractivity (Wildman–Crippen MR) is 135 cm³/mol. The molecule has 2 heterocycles. The number of ether oxygens (including phenoxy) is 1. The second-order valence-electron chi connectivity index (χ2n) is 7.51. The van der Waals surface area contributed by atoms with Crippen LogP contribution in [-0.4, -0.2) is 53.6 Å². The Hall–Kier alpha value is -2.85. The van der Waals surface area contributed by atoms with E-state index >= 15 is 0 Å². The maximum absolute atomic E-state index is 12.7. The Labute approximate surface area is 202 Å². The van der Waals surface area contributed by atoms with Gasteiger partial charge in [-0.2, -0.15) is 0 Å². The van der Waals surface area contributed by atoms with Crippen LogP contribution in [0.4, 0.5) is 10.7 Å². The van der Waals surface area contributed by atoms with Crippen molar-refractivity contribution in [3.05, 3.63) is 40.3 Å². The first kappa shape index (κ1) is 24.8. The van der Waals surface area contributed by atoms with E-state index in [9.17, 15) is 9.59 Å². The SMILES string of the molecule is CCc1c(C)sc(NC(=O)CSc2nnc(-c3ccc(N(C)C)cc3)n2CC)c1C(=O)OC. The number of benzene rings is 1. The number of hydrogen-bond acceptors (Lipinski definition) is 8. The van der Waals surface area contributed by atoms with Crippen molar-refractivity contribution in [1.82, 2.24) is 14.8 Å². The minimum Gasteiger partial charge on any atom is -0.465 e. The molecule has 0 saturated carbocycles. The molecule has 8 nitrogen and oxygen atoms in total. The number of amides is 1. The van der Waals surface area contributed by atoms with E-state index in [1.807, 2.05) is 68.6 Å². The maximum Gasteiger partial charge on any atom is 0.341 e. The van der Waals surface area contributed by atoms with Gasteiger partial charge in [0.2, 0.25) is 5.91 Å². The van der Waals surface area contributed by atoms with Crippen LogP contribution in [0.3, 0.4) is 0 Å². The average Bonchev–Trinajstić information content (AvgIpc) is 3.36. The van der Waals surface area contributed by atoms with Gasteiger partial charge in [-0.3, -0.25) is 4.79 Å². The van der Waals surface area contributed by atoms with E-state index in [4.69, 9.17) is 4.74 Å². The third-order valence-electron chi connectivity index (χ3n) is 5.21. The van der Waals surface area contributed by atoms with Crippen LogP contribution in [0.5, 0.6) is 0 Å². The summed E-state index contributed by atoms with van der Waals surface area (Å²) in [5.74, 6) is 0.267. The van der Waals surface area contributed by atoms with Gasteiger partial charge in [-0.05, 0) is 50.1 Å². The number of thioether (sulfide) groups is 1. The zero-order chi connectivity index (χ0) is 24.1. The van der Waals surface area contributed by atoms with Crippen molar-refractivity contribution in [2.24, 2.45) is 0 Å². The van der Waals surface area contributed by atoms with Gasteiger partial charge in [-0.1, -0.05) is 18.7 Å². The van der Waals surface area contributed by atoms with Crippen LogP contribution in [0.1, 0.15) is 34.6 Å². The molecule has 0 spiro atoms. The van der Waals surface area contributed by atoms with Crippen LogP contribution in [-0.2, 0) is 22.5 Å². The molecule has 0 atom stereocenters. The summed E-state index contributed by atoms with van der Waals surface area (Å²) in [5, 5.41) is 12.7. The summed E-state index contributed by atoms with van der Waals surface area (Å²) in [6.07, 6.45) is 0.690. The fraction of sp³-hybridized carbons (Fsp3) is 0.391. The number of anilines is 2. The molecule has 33 heavy (non-hydrogen) atoms. The van der Waals surface area contributed by atoms with Gasteiger partial charge in [0, 0.05) is 36.8 Å². The summed E-state index contributed by atoms with van der Waals surface area (Å²) in [6, 6.07) is 8.12. The van der Waals surface area contributed by atoms with Crippen LogP contribution in [0.25, 0.3) is 11.4 Å². The van der Waals surface area contributed by atoms with Gasteiger partial charge in [0.1, 0.15) is 5.00 Å². The number of aromatic nitrogens is 3. The van der Waals surface area contributed by atoms with Crippen LogP contribution < -0.4 is 10.2 Å². The number of carbonyl (C=O) groups is 2. The van der Waals surface area contributed by atoms with E-state index in [1.165, 1.54) is 30.2 Å². The lowest BCUT2D eigenvalue weighted by Gasteiger charge is -2.13. The number of nitrogens with one attached hydrogen (secondary N) is 1. The summed E-state index contributed by atoms with van der Waals surface area (Å²) < 4.78 is 6.92. The van der Waals surface area contributed by atoms with Gasteiger partial charge in [0.25, 0.3) is 0 Å². The van der Waals surface area contributed by atoms with Crippen LogP contribution in [0, 0.1) is 6.92 Å². The Morgan fingerprint density at radius 2 is 1.88 bits per heavy atom. The van der Waals surface area contributed by atoms with Crippen molar-refractivity contribution in [3.8, 4) is 11.4 Å². The van der Waals surface area contributed by atoms with Gasteiger partial charge in [-0.25, -0.2) is 4.79 Å². The summed E-state index contributed by atoms with van der Waals surface area (Å²) in [6.45, 7) is 6.62.